The fourth-order valence-corrected chi connectivity index (χ4v) is 2.54. The Morgan fingerprint density at radius 3 is 2.79 bits per heavy atom. The molecule has 3 rings (SSSR count). The van der Waals surface area contributed by atoms with Gasteiger partial charge in [-0.25, -0.2) is 0 Å². The average molecular weight is 275 g/mol. The van der Waals surface area contributed by atoms with Crippen molar-refractivity contribution in [3.8, 4) is 5.75 Å². The molecule has 7 heteroatoms. The molecule has 6 nitrogen and oxygen atoms in total. The Bertz CT molecular complexity index is 688. The van der Waals surface area contributed by atoms with Gasteiger partial charge in [0.05, 0.1) is 6.54 Å². The standard InChI is InChI=1S/C12H13N5OS/c1-2-10-14-15-12-17(10)16-11(19-12)7-13-8-3-5-9(18)6-4-8/h3-6,13,18H,2,7H2,1H3. The molecule has 0 saturated heterocycles. The molecule has 3 aromatic rings. The first-order valence-corrected chi connectivity index (χ1v) is 6.81. The molecule has 0 amide bonds. The molecule has 98 valence electrons. The molecule has 19 heavy (non-hydrogen) atoms. The van der Waals surface area contributed by atoms with Gasteiger partial charge in [0.1, 0.15) is 10.8 Å². The van der Waals surface area contributed by atoms with E-state index in [4.69, 9.17) is 0 Å². The second kappa shape index (κ2) is 4.85. The van der Waals surface area contributed by atoms with Crippen LogP contribution in [0.25, 0.3) is 4.96 Å². The first-order chi connectivity index (χ1) is 9.26. The normalized spacial score (nSPS) is 11.0. The number of fused-ring (bicyclic) bond motifs is 1. The molecule has 0 aliphatic carbocycles. The molecule has 0 aliphatic rings. The van der Waals surface area contributed by atoms with Crippen LogP contribution in [0, 0.1) is 0 Å². The predicted molar refractivity (Wildman–Crippen MR) is 73.5 cm³/mol. The summed E-state index contributed by atoms with van der Waals surface area (Å²) in [6.45, 7) is 2.66. The molecule has 0 aliphatic heterocycles. The number of nitrogens with one attached hydrogen (secondary N) is 1. The molecule has 0 fully saturated rings. The lowest BCUT2D eigenvalue weighted by molar-refractivity contribution is 0.475. The van der Waals surface area contributed by atoms with Crippen molar-refractivity contribution in [1.29, 1.82) is 0 Å². The molecule has 2 aromatic heterocycles. The first kappa shape index (κ1) is 11.9. The van der Waals surface area contributed by atoms with Gasteiger partial charge >= 0.3 is 0 Å². The highest BCUT2D eigenvalue weighted by Gasteiger charge is 2.09. The molecule has 0 saturated carbocycles. The zero-order valence-electron chi connectivity index (χ0n) is 10.4. The third-order valence-electron chi connectivity index (χ3n) is 2.72. The second-order valence-electron chi connectivity index (χ2n) is 4.06. The van der Waals surface area contributed by atoms with Crippen LogP contribution in [0.4, 0.5) is 5.69 Å². The summed E-state index contributed by atoms with van der Waals surface area (Å²) in [6.07, 6.45) is 0.815. The quantitative estimate of drug-likeness (QED) is 0.713. The number of aryl methyl sites for hydroxylation is 1. The summed E-state index contributed by atoms with van der Waals surface area (Å²) >= 11 is 1.52. The number of nitrogens with zero attached hydrogens (tertiary/aromatic N) is 4. The van der Waals surface area contributed by atoms with E-state index in [1.165, 1.54) is 11.3 Å². The van der Waals surface area contributed by atoms with Gasteiger partial charge < -0.3 is 10.4 Å². The number of anilines is 1. The van der Waals surface area contributed by atoms with E-state index in [9.17, 15) is 5.11 Å². The van der Waals surface area contributed by atoms with Gasteiger partial charge in [0.2, 0.25) is 4.96 Å². The lowest BCUT2D eigenvalue weighted by atomic mass is 10.3. The molecule has 0 radical (unpaired) electrons. The number of benzene rings is 1. The van der Waals surface area contributed by atoms with Gasteiger partial charge in [0.25, 0.3) is 0 Å². The molecule has 0 bridgehead atoms. The van der Waals surface area contributed by atoms with Crippen molar-refractivity contribution in [2.75, 3.05) is 5.32 Å². The Morgan fingerprint density at radius 1 is 1.26 bits per heavy atom. The van der Waals surface area contributed by atoms with Gasteiger partial charge in [-0.2, -0.15) is 9.61 Å². The molecule has 2 heterocycles. The lowest BCUT2D eigenvalue weighted by Crippen LogP contribution is -2.00. The van der Waals surface area contributed by atoms with Crippen LogP contribution in [-0.4, -0.2) is 24.9 Å². The van der Waals surface area contributed by atoms with Crippen molar-refractivity contribution < 1.29 is 5.11 Å². The summed E-state index contributed by atoms with van der Waals surface area (Å²) in [4.78, 5) is 0.819. The predicted octanol–water partition coefficient (Wildman–Crippen LogP) is 2.07. The monoisotopic (exact) mass is 275 g/mol. The van der Waals surface area contributed by atoms with Crippen LogP contribution in [0.1, 0.15) is 17.8 Å². The van der Waals surface area contributed by atoms with Crippen LogP contribution >= 0.6 is 11.3 Å². The maximum absolute atomic E-state index is 9.21. The number of aromatic hydroxyl groups is 1. The van der Waals surface area contributed by atoms with Crippen molar-refractivity contribution in [2.24, 2.45) is 0 Å². The Morgan fingerprint density at radius 2 is 2.05 bits per heavy atom. The summed E-state index contributed by atoms with van der Waals surface area (Å²) < 4.78 is 1.79. The van der Waals surface area contributed by atoms with Crippen LogP contribution in [0.5, 0.6) is 5.75 Å². The Hall–Kier alpha value is -2.15. The highest BCUT2D eigenvalue weighted by molar-refractivity contribution is 7.16. The number of hydrogen-bond donors (Lipinski definition) is 2. The Kier molecular flexibility index (Phi) is 3.04. The van der Waals surface area contributed by atoms with E-state index in [1.54, 1.807) is 16.6 Å². The largest absolute Gasteiger partial charge is 0.508 e. The Labute approximate surface area is 113 Å². The third-order valence-corrected chi connectivity index (χ3v) is 3.62. The Balaban J connectivity index is 1.74. The van der Waals surface area contributed by atoms with E-state index in [0.717, 1.165) is 27.9 Å². The second-order valence-corrected chi connectivity index (χ2v) is 5.10. The van der Waals surface area contributed by atoms with E-state index in [0.29, 0.717) is 6.54 Å². The van der Waals surface area contributed by atoms with E-state index in [2.05, 4.69) is 20.6 Å². The molecule has 0 unspecified atom stereocenters. The fourth-order valence-electron chi connectivity index (χ4n) is 1.75. The zero-order valence-corrected chi connectivity index (χ0v) is 11.2. The number of aromatic nitrogens is 4. The van der Waals surface area contributed by atoms with Crippen molar-refractivity contribution in [1.82, 2.24) is 19.8 Å². The van der Waals surface area contributed by atoms with Gasteiger partial charge in [0, 0.05) is 12.1 Å². The topological polar surface area (TPSA) is 75.3 Å². The SMILES string of the molecule is CCc1nnc2sc(CNc3ccc(O)cc3)nn12. The van der Waals surface area contributed by atoms with Gasteiger partial charge in [-0.3, -0.25) is 0 Å². The van der Waals surface area contributed by atoms with Crippen LogP contribution in [0.3, 0.4) is 0 Å². The van der Waals surface area contributed by atoms with E-state index in [1.807, 2.05) is 19.1 Å². The lowest BCUT2D eigenvalue weighted by Gasteiger charge is -2.03. The summed E-state index contributed by atoms with van der Waals surface area (Å²) in [7, 11) is 0. The van der Waals surface area contributed by atoms with E-state index < -0.39 is 0 Å². The van der Waals surface area contributed by atoms with Crippen molar-refractivity contribution in [3.05, 3.63) is 35.1 Å². The maximum atomic E-state index is 9.21. The van der Waals surface area contributed by atoms with Crippen molar-refractivity contribution in [2.45, 2.75) is 19.9 Å². The van der Waals surface area contributed by atoms with Gasteiger partial charge in [-0.1, -0.05) is 18.3 Å². The summed E-state index contributed by atoms with van der Waals surface area (Å²) in [5.74, 6) is 1.14. The summed E-state index contributed by atoms with van der Waals surface area (Å²) in [5.41, 5.74) is 0.944. The van der Waals surface area contributed by atoms with Crippen molar-refractivity contribution in [3.63, 3.8) is 0 Å². The third kappa shape index (κ3) is 2.37. The minimum absolute atomic E-state index is 0.261. The first-order valence-electron chi connectivity index (χ1n) is 5.99. The minimum Gasteiger partial charge on any atom is -0.508 e. The highest BCUT2D eigenvalue weighted by Crippen LogP contribution is 2.17. The maximum Gasteiger partial charge on any atom is 0.234 e. The van der Waals surface area contributed by atoms with E-state index >= 15 is 0 Å². The number of phenolic OH excluding ortho intramolecular Hbond substituents is 1. The van der Waals surface area contributed by atoms with Crippen molar-refractivity contribution >= 4 is 22.0 Å². The summed E-state index contributed by atoms with van der Waals surface area (Å²) in [5, 5.41) is 26.0. The number of phenols is 1. The number of rotatable bonds is 4. The molecule has 1 aromatic carbocycles. The van der Waals surface area contributed by atoms with Crippen LogP contribution < -0.4 is 5.32 Å². The van der Waals surface area contributed by atoms with Crippen LogP contribution in [-0.2, 0) is 13.0 Å². The summed E-state index contributed by atoms with van der Waals surface area (Å²) in [6, 6.07) is 6.95. The molecule has 0 spiro atoms. The zero-order chi connectivity index (χ0) is 13.2. The smallest absolute Gasteiger partial charge is 0.234 e. The fraction of sp³-hybridized carbons (Fsp3) is 0.250. The number of hydrogen-bond acceptors (Lipinski definition) is 6. The average Bonchev–Trinajstić information content (AvgIpc) is 2.97. The molecular formula is C12H13N5OS. The van der Waals surface area contributed by atoms with Gasteiger partial charge in [-0.05, 0) is 24.3 Å². The van der Waals surface area contributed by atoms with Gasteiger partial charge in [0.15, 0.2) is 5.82 Å². The molecular weight excluding hydrogens is 262 g/mol. The highest BCUT2D eigenvalue weighted by atomic mass is 32.1. The minimum atomic E-state index is 0.261. The van der Waals surface area contributed by atoms with Gasteiger partial charge in [-0.15, -0.1) is 10.2 Å². The van der Waals surface area contributed by atoms with Crippen LogP contribution in [0.15, 0.2) is 24.3 Å². The molecule has 0 atom stereocenters. The van der Waals surface area contributed by atoms with Crippen LogP contribution in [0.2, 0.25) is 0 Å². The van der Waals surface area contributed by atoms with E-state index in [-0.39, 0.29) is 5.75 Å². The molecule has 2 N–H and O–H groups in total.